The number of carbonyl (C=O) groups is 1. The van der Waals surface area contributed by atoms with Crippen molar-refractivity contribution >= 4 is 49.0 Å². The van der Waals surface area contributed by atoms with Crippen LogP contribution in [0, 0.1) is 31.7 Å². The van der Waals surface area contributed by atoms with Gasteiger partial charge in [0.15, 0.2) is 5.78 Å². The van der Waals surface area contributed by atoms with Crippen LogP contribution in [0.25, 0.3) is 43.3 Å². The number of ketones is 1. The first-order valence-corrected chi connectivity index (χ1v) is 16.4. The summed E-state index contributed by atoms with van der Waals surface area (Å²) in [5.74, 6) is 0.869. The fraction of sp³-hybridized carbons (Fsp3) is 0.405. The molecule has 0 aliphatic carbocycles. The summed E-state index contributed by atoms with van der Waals surface area (Å²) in [5.41, 5.74) is 5.96. The molecular weight excluding hydrogens is 743 g/mol. The van der Waals surface area contributed by atoms with Crippen LogP contribution in [0.3, 0.4) is 0 Å². The molecular formula is C37H44IrN3O2S-. The molecule has 235 valence electrons. The number of aromatic nitrogens is 3. The molecule has 4 heterocycles. The molecule has 1 aromatic carbocycles. The number of nitrogens with zero attached hydrogens (tertiary/aromatic N) is 3. The van der Waals surface area contributed by atoms with E-state index in [1.165, 1.54) is 27.3 Å². The van der Waals surface area contributed by atoms with Crippen LogP contribution in [0.15, 0.2) is 54.4 Å². The Kier molecular flexibility index (Phi) is 12.8. The second-order valence-electron chi connectivity index (χ2n) is 11.5. The van der Waals surface area contributed by atoms with E-state index in [1.54, 1.807) is 11.3 Å². The summed E-state index contributed by atoms with van der Waals surface area (Å²) in [6.07, 6.45) is 6.75. The Morgan fingerprint density at radius 1 is 0.955 bits per heavy atom. The van der Waals surface area contributed by atoms with Gasteiger partial charge in [-0.25, -0.2) is 0 Å². The number of aryl methyl sites for hydroxylation is 2. The molecule has 0 amide bonds. The Morgan fingerprint density at radius 2 is 1.61 bits per heavy atom. The average molecular weight is 787 g/mol. The standard InChI is InChI=1S/C24H20N3S.C13H24O2.Ir/c1-13(2)21-17-9-6-5-8-16(17)12-19(27-21)23-24-20(14(3)15(4)28-24)22-18(26-23)10-7-11-25-22;1-5-10(6-2)12(14)9-13(15)11(7-3)8-4;/h5-11,13H,1-4H3;9-11,14H,5-8H2,1-4H3;/q-1;;/b;12-9-;. The Morgan fingerprint density at radius 3 is 2.25 bits per heavy atom. The summed E-state index contributed by atoms with van der Waals surface area (Å²) in [7, 11) is 0. The van der Waals surface area contributed by atoms with Crippen LogP contribution in [0.1, 0.15) is 89.3 Å². The van der Waals surface area contributed by atoms with Gasteiger partial charge >= 0.3 is 0 Å². The first-order valence-electron chi connectivity index (χ1n) is 15.6. The summed E-state index contributed by atoms with van der Waals surface area (Å²) in [6.45, 7) is 16.8. The molecule has 5 rings (SSSR count). The van der Waals surface area contributed by atoms with Crippen molar-refractivity contribution in [1.29, 1.82) is 0 Å². The van der Waals surface area contributed by atoms with Gasteiger partial charge in [0, 0.05) is 76.3 Å². The molecule has 0 aliphatic heterocycles. The number of aliphatic hydroxyl groups excluding tert-OH is 1. The minimum absolute atomic E-state index is 0. The van der Waals surface area contributed by atoms with Crippen LogP contribution in [0.2, 0.25) is 0 Å². The number of rotatable bonds is 9. The zero-order valence-corrected chi connectivity index (χ0v) is 30.3. The molecule has 0 unspecified atom stereocenters. The van der Waals surface area contributed by atoms with Crippen LogP contribution in [0.4, 0.5) is 0 Å². The summed E-state index contributed by atoms with van der Waals surface area (Å²) in [6, 6.07) is 15.9. The number of hydrogen-bond acceptors (Lipinski definition) is 6. The Labute approximate surface area is 279 Å². The van der Waals surface area contributed by atoms with Crippen molar-refractivity contribution in [3.05, 3.63) is 76.6 Å². The molecule has 44 heavy (non-hydrogen) atoms. The maximum absolute atomic E-state index is 11.7. The van der Waals surface area contributed by atoms with Crippen LogP contribution < -0.4 is 0 Å². The number of fused-ring (bicyclic) bond motifs is 4. The molecule has 7 heteroatoms. The third-order valence-corrected chi connectivity index (χ3v) is 9.61. The average Bonchev–Trinajstić information content (AvgIpc) is 3.31. The van der Waals surface area contributed by atoms with Gasteiger partial charge in [-0.2, -0.15) is 0 Å². The van der Waals surface area contributed by atoms with Crippen molar-refractivity contribution in [2.24, 2.45) is 11.8 Å². The second kappa shape index (κ2) is 15.8. The summed E-state index contributed by atoms with van der Waals surface area (Å²) >= 11 is 1.77. The van der Waals surface area contributed by atoms with E-state index in [2.05, 4.69) is 63.0 Å². The third-order valence-electron chi connectivity index (χ3n) is 8.40. The van der Waals surface area contributed by atoms with Crippen molar-refractivity contribution in [3.63, 3.8) is 0 Å². The van der Waals surface area contributed by atoms with Crippen molar-refractivity contribution in [3.8, 4) is 11.4 Å². The third kappa shape index (κ3) is 7.44. The van der Waals surface area contributed by atoms with Gasteiger partial charge in [0.25, 0.3) is 0 Å². The molecule has 0 saturated heterocycles. The Balaban J connectivity index is 0.000000286. The van der Waals surface area contributed by atoms with Gasteiger partial charge in [-0.05, 0) is 63.1 Å². The molecule has 0 spiro atoms. The van der Waals surface area contributed by atoms with Gasteiger partial charge in [0.2, 0.25) is 0 Å². The predicted octanol–water partition coefficient (Wildman–Crippen LogP) is 10.5. The van der Waals surface area contributed by atoms with Gasteiger partial charge in [-0.15, -0.1) is 34.9 Å². The normalized spacial score (nSPS) is 11.8. The fourth-order valence-corrected chi connectivity index (χ4v) is 6.73. The van der Waals surface area contributed by atoms with E-state index in [4.69, 9.17) is 9.97 Å². The quantitative estimate of drug-likeness (QED) is 0.0915. The van der Waals surface area contributed by atoms with Gasteiger partial charge in [-0.3, -0.25) is 19.7 Å². The van der Waals surface area contributed by atoms with Crippen LogP contribution in [-0.4, -0.2) is 25.8 Å². The number of pyridine rings is 3. The smallest absolute Gasteiger partial charge is 0.162 e. The first kappa shape index (κ1) is 35.5. The molecule has 0 saturated carbocycles. The van der Waals surface area contributed by atoms with Crippen LogP contribution >= 0.6 is 11.3 Å². The molecule has 1 radical (unpaired) electrons. The van der Waals surface area contributed by atoms with Crippen molar-refractivity contribution < 1.29 is 30.0 Å². The summed E-state index contributed by atoms with van der Waals surface area (Å²) in [4.78, 5) is 27.7. The molecule has 0 fully saturated rings. The Hall–Kier alpha value is -2.99. The number of carbonyl (C=O) groups excluding carboxylic acids is 1. The maximum Gasteiger partial charge on any atom is 0.162 e. The van der Waals surface area contributed by atoms with E-state index in [9.17, 15) is 9.90 Å². The first-order chi connectivity index (χ1) is 20.6. The predicted molar refractivity (Wildman–Crippen MR) is 182 cm³/mol. The summed E-state index contributed by atoms with van der Waals surface area (Å²) < 4.78 is 1.15. The summed E-state index contributed by atoms with van der Waals surface area (Å²) in [5, 5.41) is 13.2. The van der Waals surface area contributed by atoms with Crippen molar-refractivity contribution in [2.45, 2.75) is 87.0 Å². The van der Waals surface area contributed by atoms with E-state index in [0.717, 1.165) is 63.9 Å². The SMILES string of the molecule is CCC(CC)C(=O)/C=C(\O)C(CC)CC.Cc1sc2c(-c3[c-]c4ccccc4c(C(C)C)n3)nc3cccnc3c2c1C.[Ir]. The van der Waals surface area contributed by atoms with E-state index in [-0.39, 0.29) is 43.5 Å². The number of benzene rings is 1. The van der Waals surface area contributed by atoms with Crippen molar-refractivity contribution in [1.82, 2.24) is 15.0 Å². The van der Waals surface area contributed by atoms with Gasteiger partial charge in [0.05, 0.1) is 16.8 Å². The van der Waals surface area contributed by atoms with Crippen molar-refractivity contribution in [2.75, 3.05) is 0 Å². The largest absolute Gasteiger partial charge is 0.512 e. The minimum Gasteiger partial charge on any atom is -0.512 e. The monoisotopic (exact) mass is 787 g/mol. The Bertz CT molecular complexity index is 1770. The minimum atomic E-state index is 0. The zero-order valence-electron chi connectivity index (χ0n) is 27.1. The van der Waals surface area contributed by atoms with Crippen LogP contribution in [-0.2, 0) is 24.9 Å². The second-order valence-corrected chi connectivity index (χ2v) is 12.7. The molecule has 1 N–H and O–H groups in total. The molecule has 0 atom stereocenters. The fourth-order valence-electron chi connectivity index (χ4n) is 5.57. The molecule has 4 aromatic heterocycles. The number of hydrogen-bond donors (Lipinski definition) is 1. The van der Waals surface area contributed by atoms with E-state index in [0.29, 0.717) is 5.92 Å². The molecule has 5 nitrogen and oxygen atoms in total. The van der Waals surface area contributed by atoms with E-state index >= 15 is 0 Å². The number of allylic oxidation sites excluding steroid dienone is 2. The van der Waals surface area contributed by atoms with Gasteiger partial charge in [-0.1, -0.05) is 59.1 Å². The molecule has 0 aliphatic rings. The van der Waals surface area contributed by atoms with Gasteiger partial charge in [0.1, 0.15) is 0 Å². The van der Waals surface area contributed by atoms with E-state index in [1.807, 2.05) is 46.0 Å². The van der Waals surface area contributed by atoms with Gasteiger partial charge < -0.3 is 5.11 Å². The molecule has 5 aromatic rings. The number of thiophene rings is 1. The van der Waals surface area contributed by atoms with Crippen LogP contribution in [0.5, 0.6) is 0 Å². The maximum atomic E-state index is 11.7. The molecule has 0 bridgehead atoms. The topological polar surface area (TPSA) is 76.0 Å². The zero-order chi connectivity index (χ0) is 31.3. The van der Waals surface area contributed by atoms with E-state index < -0.39 is 0 Å². The number of aliphatic hydroxyl groups is 1.